The average molecular weight is 346 g/mol. The molecule has 0 fully saturated rings. The molecule has 1 aromatic rings. The molecule has 0 radical (unpaired) electrons. The summed E-state index contributed by atoms with van der Waals surface area (Å²) >= 11 is 0. The normalized spacial score (nSPS) is 15.3. The summed E-state index contributed by atoms with van der Waals surface area (Å²) in [4.78, 5) is 54.8. The number of benzene rings is 1. The van der Waals surface area contributed by atoms with Gasteiger partial charge >= 0.3 is 22.8 Å². The van der Waals surface area contributed by atoms with E-state index in [0.29, 0.717) is 0 Å². The monoisotopic (exact) mass is 346 g/mol. The fourth-order valence-electron chi connectivity index (χ4n) is 1.75. The van der Waals surface area contributed by atoms with Crippen LogP contribution in [0, 0.1) is 0 Å². The van der Waals surface area contributed by atoms with Gasteiger partial charge in [0.05, 0.1) is 0 Å². The second-order valence-corrected chi connectivity index (χ2v) is 9.65. The lowest BCUT2D eigenvalue weighted by molar-refractivity contribution is 0.318. The zero-order valence-corrected chi connectivity index (χ0v) is 12.5. The largest absolute Gasteiger partial charge is 0.342 e. The van der Waals surface area contributed by atoms with Gasteiger partial charge in [0.2, 0.25) is 0 Å². The van der Waals surface area contributed by atoms with Crippen molar-refractivity contribution >= 4 is 22.8 Å². The molecule has 0 aliphatic heterocycles. The van der Waals surface area contributed by atoms with Crippen molar-refractivity contribution in [2.75, 3.05) is 0 Å². The van der Waals surface area contributed by atoms with E-state index in [4.69, 9.17) is 19.6 Å². The molecule has 0 heterocycles. The summed E-state index contributed by atoms with van der Waals surface area (Å²) in [5, 5.41) is -2.81. The quantitative estimate of drug-likeness (QED) is 0.417. The molecule has 0 saturated carbocycles. The van der Waals surface area contributed by atoms with Gasteiger partial charge in [-0.15, -0.1) is 0 Å². The second-order valence-electron chi connectivity index (χ2n) is 4.04. The standard InChI is InChI=1S/C8H13O9P3/c9-18(10,11)7(6-4-2-1-3-5-6)8(19(12,13)14)20(15,16)17/h1-5,7-8H,(H2,9,10,11)(H2,12,13,14)(H2,15,16,17). The summed E-state index contributed by atoms with van der Waals surface area (Å²) in [7, 11) is -16.2. The molecular weight excluding hydrogens is 333 g/mol. The third-order valence-corrected chi connectivity index (χ3v) is 8.05. The van der Waals surface area contributed by atoms with Crippen molar-refractivity contribution in [1.82, 2.24) is 0 Å². The first-order chi connectivity index (χ1) is 8.85. The topological polar surface area (TPSA) is 173 Å². The van der Waals surface area contributed by atoms with E-state index in [9.17, 15) is 23.5 Å². The Bertz CT molecular complexity index is 575. The molecule has 0 bridgehead atoms. The van der Waals surface area contributed by atoms with Crippen LogP contribution in [0.2, 0.25) is 0 Å². The second kappa shape index (κ2) is 5.81. The van der Waals surface area contributed by atoms with E-state index >= 15 is 0 Å². The van der Waals surface area contributed by atoms with Crippen molar-refractivity contribution in [1.29, 1.82) is 0 Å². The maximum Gasteiger partial charge on any atom is 0.342 e. The summed E-state index contributed by atoms with van der Waals surface area (Å²) in [5.74, 6) is 0. The molecule has 1 atom stereocenters. The van der Waals surface area contributed by atoms with Gasteiger partial charge in [-0.1, -0.05) is 30.3 Å². The molecule has 114 valence electrons. The highest BCUT2D eigenvalue weighted by molar-refractivity contribution is 7.72. The number of hydrogen-bond donors (Lipinski definition) is 6. The summed E-state index contributed by atoms with van der Waals surface area (Å²) in [5.41, 5.74) is -2.57. The lowest BCUT2D eigenvalue weighted by Gasteiger charge is -2.28. The zero-order chi connectivity index (χ0) is 15.8. The zero-order valence-electron chi connectivity index (χ0n) is 9.79. The molecule has 12 heteroatoms. The van der Waals surface area contributed by atoms with Crippen molar-refractivity contribution in [2.45, 2.75) is 11.1 Å². The van der Waals surface area contributed by atoms with E-state index in [2.05, 4.69) is 0 Å². The van der Waals surface area contributed by atoms with Crippen LogP contribution in [0.25, 0.3) is 0 Å². The van der Waals surface area contributed by atoms with E-state index in [-0.39, 0.29) is 5.56 Å². The molecule has 0 aliphatic rings. The fraction of sp³-hybridized carbons (Fsp3) is 0.250. The Morgan fingerprint density at radius 2 is 1.10 bits per heavy atom. The molecule has 1 rings (SSSR count). The average Bonchev–Trinajstić information content (AvgIpc) is 2.21. The van der Waals surface area contributed by atoms with Gasteiger partial charge in [-0.3, -0.25) is 13.7 Å². The first-order valence-corrected chi connectivity index (χ1v) is 10.1. The highest BCUT2D eigenvalue weighted by Gasteiger charge is 2.55. The Kier molecular flexibility index (Phi) is 5.15. The van der Waals surface area contributed by atoms with Crippen LogP contribution < -0.4 is 0 Å². The summed E-state index contributed by atoms with van der Waals surface area (Å²) in [6, 6.07) is 6.39. The molecule has 6 N–H and O–H groups in total. The van der Waals surface area contributed by atoms with Crippen LogP contribution in [-0.4, -0.2) is 34.8 Å². The Balaban J connectivity index is 3.56. The van der Waals surface area contributed by atoms with Crippen molar-refractivity contribution in [3.63, 3.8) is 0 Å². The Morgan fingerprint density at radius 1 is 0.700 bits per heavy atom. The predicted molar refractivity (Wildman–Crippen MR) is 69.1 cm³/mol. The minimum Gasteiger partial charge on any atom is -0.324 e. The minimum atomic E-state index is -5.47. The van der Waals surface area contributed by atoms with E-state index in [1.807, 2.05) is 0 Å². The Morgan fingerprint density at radius 3 is 1.40 bits per heavy atom. The first kappa shape index (κ1) is 17.7. The van der Waals surface area contributed by atoms with Crippen LogP contribution in [-0.2, 0) is 13.7 Å². The van der Waals surface area contributed by atoms with Gasteiger partial charge < -0.3 is 29.4 Å². The fourth-order valence-corrected chi connectivity index (χ4v) is 7.39. The lowest BCUT2D eigenvalue weighted by atomic mass is 10.2. The molecule has 0 aromatic heterocycles. The Hall–Kier alpha value is -0.330. The highest BCUT2D eigenvalue weighted by atomic mass is 31.2. The molecule has 9 nitrogen and oxygen atoms in total. The minimum absolute atomic E-state index is 0.266. The van der Waals surface area contributed by atoms with Crippen LogP contribution in [0.4, 0.5) is 0 Å². The lowest BCUT2D eigenvalue weighted by Crippen LogP contribution is -2.20. The molecule has 0 amide bonds. The van der Waals surface area contributed by atoms with Crippen LogP contribution in [0.1, 0.15) is 11.2 Å². The van der Waals surface area contributed by atoms with E-state index < -0.39 is 33.8 Å². The first-order valence-electron chi connectivity index (χ1n) is 5.06. The molecule has 1 aromatic carbocycles. The van der Waals surface area contributed by atoms with Gasteiger partial charge in [0.1, 0.15) is 5.66 Å². The Labute approximate surface area is 113 Å². The van der Waals surface area contributed by atoms with Crippen LogP contribution in [0.15, 0.2) is 30.3 Å². The van der Waals surface area contributed by atoms with Crippen molar-refractivity contribution < 1.29 is 43.1 Å². The van der Waals surface area contributed by atoms with Crippen molar-refractivity contribution in [3.8, 4) is 0 Å². The summed E-state index contributed by atoms with van der Waals surface area (Å²) in [6.45, 7) is 0. The van der Waals surface area contributed by atoms with Crippen LogP contribution >= 0.6 is 22.8 Å². The molecule has 0 saturated heterocycles. The van der Waals surface area contributed by atoms with Crippen molar-refractivity contribution in [2.24, 2.45) is 0 Å². The van der Waals surface area contributed by atoms with E-state index in [1.165, 1.54) is 18.2 Å². The van der Waals surface area contributed by atoms with E-state index in [0.717, 1.165) is 12.1 Å². The maximum absolute atomic E-state index is 11.5. The predicted octanol–water partition coefficient (Wildman–Crippen LogP) is 0.587. The summed E-state index contributed by atoms with van der Waals surface area (Å²) < 4.78 is 34.1. The summed E-state index contributed by atoms with van der Waals surface area (Å²) in [6.07, 6.45) is 0. The van der Waals surface area contributed by atoms with Crippen LogP contribution in [0.5, 0.6) is 0 Å². The van der Waals surface area contributed by atoms with Gasteiger partial charge in [-0.25, -0.2) is 0 Å². The van der Waals surface area contributed by atoms with Crippen LogP contribution in [0.3, 0.4) is 0 Å². The molecule has 0 spiro atoms. The maximum atomic E-state index is 11.5. The number of rotatable bonds is 5. The third-order valence-electron chi connectivity index (χ3n) is 2.48. The van der Waals surface area contributed by atoms with Gasteiger partial charge in [0.25, 0.3) is 0 Å². The SMILES string of the molecule is O=P(O)(O)C(c1ccccc1)C(P(=O)(O)O)P(=O)(O)O. The van der Waals surface area contributed by atoms with Gasteiger partial charge in [0, 0.05) is 0 Å². The number of hydrogen-bond acceptors (Lipinski definition) is 3. The van der Waals surface area contributed by atoms with Crippen molar-refractivity contribution in [3.05, 3.63) is 35.9 Å². The third kappa shape index (κ3) is 4.33. The van der Waals surface area contributed by atoms with Gasteiger partial charge in [0.15, 0.2) is 5.40 Å². The molecule has 0 aliphatic carbocycles. The smallest absolute Gasteiger partial charge is 0.324 e. The highest BCUT2D eigenvalue weighted by Crippen LogP contribution is 2.72. The van der Waals surface area contributed by atoms with Gasteiger partial charge in [-0.05, 0) is 5.56 Å². The molecule has 1 unspecified atom stereocenters. The molecule has 20 heavy (non-hydrogen) atoms. The van der Waals surface area contributed by atoms with E-state index in [1.54, 1.807) is 0 Å². The van der Waals surface area contributed by atoms with Gasteiger partial charge in [-0.2, -0.15) is 0 Å². The molecular formula is C8H13O9P3.